The van der Waals surface area contributed by atoms with Gasteiger partial charge in [-0.15, -0.1) is 0 Å². The summed E-state index contributed by atoms with van der Waals surface area (Å²) in [4.78, 5) is 6.48. The molecule has 4 nitrogen and oxygen atoms in total. The molecule has 20 heavy (non-hydrogen) atoms. The van der Waals surface area contributed by atoms with Crippen molar-refractivity contribution in [1.29, 1.82) is 0 Å². The zero-order valence-electron chi connectivity index (χ0n) is 13.0. The lowest BCUT2D eigenvalue weighted by Gasteiger charge is -2.16. The van der Waals surface area contributed by atoms with Crippen LogP contribution in [-0.2, 0) is 13.1 Å². The predicted molar refractivity (Wildman–Crippen MR) is 84.7 cm³/mol. The summed E-state index contributed by atoms with van der Waals surface area (Å²) in [6.45, 7) is 4.03. The van der Waals surface area contributed by atoms with Gasteiger partial charge in [0.25, 0.3) is 0 Å². The van der Waals surface area contributed by atoms with Crippen molar-refractivity contribution in [3.63, 3.8) is 0 Å². The molecule has 1 fully saturated rings. The van der Waals surface area contributed by atoms with Crippen molar-refractivity contribution in [1.82, 2.24) is 15.5 Å². The SMILES string of the molecule is CN=C(NCc1ccccc1CN(C)C)NC1CC1C. The quantitative estimate of drug-likeness (QED) is 0.635. The molecule has 0 aliphatic heterocycles. The minimum atomic E-state index is 0.596. The second-order valence-corrected chi connectivity index (χ2v) is 5.90. The Bertz CT molecular complexity index is 467. The topological polar surface area (TPSA) is 39.7 Å². The van der Waals surface area contributed by atoms with E-state index >= 15 is 0 Å². The number of rotatable bonds is 5. The molecule has 0 aromatic heterocycles. The fourth-order valence-electron chi connectivity index (χ4n) is 2.30. The number of hydrogen-bond acceptors (Lipinski definition) is 2. The van der Waals surface area contributed by atoms with Gasteiger partial charge in [0.05, 0.1) is 0 Å². The van der Waals surface area contributed by atoms with Gasteiger partial charge in [-0.25, -0.2) is 0 Å². The Hall–Kier alpha value is -1.55. The van der Waals surface area contributed by atoms with E-state index in [2.05, 4.69) is 65.8 Å². The lowest BCUT2D eigenvalue weighted by Crippen LogP contribution is -2.38. The van der Waals surface area contributed by atoms with Gasteiger partial charge in [0.15, 0.2) is 5.96 Å². The van der Waals surface area contributed by atoms with Crippen molar-refractivity contribution in [3.8, 4) is 0 Å². The molecule has 4 heteroatoms. The normalized spacial score (nSPS) is 21.9. The van der Waals surface area contributed by atoms with E-state index in [1.807, 2.05) is 7.05 Å². The highest BCUT2D eigenvalue weighted by molar-refractivity contribution is 5.80. The van der Waals surface area contributed by atoms with Gasteiger partial charge in [0.2, 0.25) is 0 Å². The summed E-state index contributed by atoms with van der Waals surface area (Å²) in [5.41, 5.74) is 2.69. The summed E-state index contributed by atoms with van der Waals surface area (Å²) >= 11 is 0. The second-order valence-electron chi connectivity index (χ2n) is 5.90. The first-order chi connectivity index (χ1) is 9.60. The van der Waals surface area contributed by atoms with Crippen molar-refractivity contribution in [3.05, 3.63) is 35.4 Å². The summed E-state index contributed by atoms with van der Waals surface area (Å²) < 4.78 is 0. The maximum Gasteiger partial charge on any atom is 0.191 e. The second kappa shape index (κ2) is 6.75. The highest BCUT2D eigenvalue weighted by Gasteiger charge is 2.33. The molecule has 0 saturated heterocycles. The molecule has 1 aromatic rings. The van der Waals surface area contributed by atoms with E-state index in [-0.39, 0.29) is 0 Å². The summed E-state index contributed by atoms with van der Waals surface area (Å²) in [5, 5.41) is 6.86. The summed E-state index contributed by atoms with van der Waals surface area (Å²) in [5.74, 6) is 1.67. The molecule has 1 saturated carbocycles. The van der Waals surface area contributed by atoms with Gasteiger partial charge < -0.3 is 15.5 Å². The van der Waals surface area contributed by atoms with Crippen LogP contribution in [0.15, 0.2) is 29.3 Å². The average Bonchev–Trinajstić information content (AvgIpc) is 3.11. The first kappa shape index (κ1) is 14.9. The number of nitrogens with zero attached hydrogens (tertiary/aromatic N) is 2. The van der Waals surface area contributed by atoms with Gasteiger partial charge in [0.1, 0.15) is 0 Å². The number of nitrogens with one attached hydrogen (secondary N) is 2. The number of benzene rings is 1. The molecule has 110 valence electrons. The van der Waals surface area contributed by atoms with Crippen molar-refractivity contribution < 1.29 is 0 Å². The Balaban J connectivity index is 1.92. The van der Waals surface area contributed by atoms with E-state index in [9.17, 15) is 0 Å². The van der Waals surface area contributed by atoms with Crippen molar-refractivity contribution in [2.45, 2.75) is 32.5 Å². The Kier molecular flexibility index (Phi) is 5.01. The van der Waals surface area contributed by atoms with Crippen LogP contribution in [0.4, 0.5) is 0 Å². The van der Waals surface area contributed by atoms with Gasteiger partial charge in [-0.1, -0.05) is 31.2 Å². The molecule has 2 N–H and O–H groups in total. The summed E-state index contributed by atoms with van der Waals surface area (Å²) in [6, 6.07) is 9.16. The van der Waals surface area contributed by atoms with Crippen LogP contribution in [0.2, 0.25) is 0 Å². The Labute approximate surface area is 122 Å². The molecule has 1 aromatic carbocycles. The molecule has 0 spiro atoms. The standard InChI is InChI=1S/C16H26N4/c1-12-9-15(12)19-16(17-2)18-10-13-7-5-6-8-14(13)11-20(3)4/h5-8,12,15H,9-11H2,1-4H3,(H2,17,18,19). The first-order valence-electron chi connectivity index (χ1n) is 7.29. The van der Waals surface area contributed by atoms with Crippen LogP contribution in [0.1, 0.15) is 24.5 Å². The van der Waals surface area contributed by atoms with Crippen LogP contribution in [-0.4, -0.2) is 38.0 Å². The lowest BCUT2D eigenvalue weighted by atomic mass is 10.1. The largest absolute Gasteiger partial charge is 0.353 e. The van der Waals surface area contributed by atoms with Gasteiger partial charge in [-0.2, -0.15) is 0 Å². The molecule has 0 bridgehead atoms. The van der Waals surface area contributed by atoms with Gasteiger partial charge >= 0.3 is 0 Å². The summed E-state index contributed by atoms with van der Waals surface area (Å²) in [6.07, 6.45) is 1.25. The van der Waals surface area contributed by atoms with E-state index < -0.39 is 0 Å². The molecule has 2 atom stereocenters. The third-order valence-corrected chi connectivity index (χ3v) is 3.71. The first-order valence-corrected chi connectivity index (χ1v) is 7.29. The molecule has 2 unspecified atom stereocenters. The molecule has 0 heterocycles. The van der Waals surface area contributed by atoms with Gasteiger partial charge in [-0.3, -0.25) is 4.99 Å². The predicted octanol–water partition coefficient (Wildman–Crippen LogP) is 1.82. The molecular weight excluding hydrogens is 248 g/mol. The Morgan fingerprint density at radius 2 is 1.95 bits per heavy atom. The minimum absolute atomic E-state index is 0.596. The fraction of sp³-hybridized carbons (Fsp3) is 0.562. The number of guanidine groups is 1. The number of hydrogen-bond donors (Lipinski definition) is 2. The van der Waals surface area contributed by atoms with Crippen molar-refractivity contribution in [2.24, 2.45) is 10.9 Å². The van der Waals surface area contributed by atoms with E-state index in [1.54, 1.807) is 0 Å². The Morgan fingerprint density at radius 1 is 1.30 bits per heavy atom. The molecule has 0 amide bonds. The molecule has 1 aliphatic carbocycles. The monoisotopic (exact) mass is 274 g/mol. The van der Waals surface area contributed by atoms with Crippen LogP contribution in [0.25, 0.3) is 0 Å². The Morgan fingerprint density at radius 3 is 2.50 bits per heavy atom. The lowest BCUT2D eigenvalue weighted by molar-refractivity contribution is 0.400. The van der Waals surface area contributed by atoms with Crippen LogP contribution in [0.5, 0.6) is 0 Å². The average molecular weight is 274 g/mol. The number of aliphatic imine (C=N–C) groups is 1. The van der Waals surface area contributed by atoms with E-state index in [4.69, 9.17) is 0 Å². The van der Waals surface area contributed by atoms with Crippen molar-refractivity contribution in [2.75, 3.05) is 21.1 Å². The van der Waals surface area contributed by atoms with Crippen molar-refractivity contribution >= 4 is 5.96 Å². The van der Waals surface area contributed by atoms with Gasteiger partial charge in [0, 0.05) is 26.2 Å². The smallest absolute Gasteiger partial charge is 0.191 e. The third kappa shape index (κ3) is 4.23. The maximum absolute atomic E-state index is 4.29. The molecular formula is C16H26N4. The molecule has 2 rings (SSSR count). The van der Waals surface area contributed by atoms with Crippen LogP contribution >= 0.6 is 0 Å². The summed E-state index contributed by atoms with van der Waals surface area (Å²) in [7, 11) is 6.02. The van der Waals surface area contributed by atoms with E-state index in [0.717, 1.165) is 25.0 Å². The molecule has 0 radical (unpaired) electrons. The maximum atomic E-state index is 4.29. The zero-order chi connectivity index (χ0) is 14.5. The van der Waals surface area contributed by atoms with Crippen LogP contribution in [0, 0.1) is 5.92 Å². The zero-order valence-corrected chi connectivity index (χ0v) is 13.0. The fourth-order valence-corrected chi connectivity index (χ4v) is 2.30. The highest BCUT2D eigenvalue weighted by atomic mass is 15.2. The van der Waals surface area contributed by atoms with Crippen LogP contribution in [0.3, 0.4) is 0 Å². The van der Waals surface area contributed by atoms with E-state index in [0.29, 0.717) is 6.04 Å². The molecule has 1 aliphatic rings. The van der Waals surface area contributed by atoms with E-state index in [1.165, 1.54) is 17.5 Å². The van der Waals surface area contributed by atoms with Gasteiger partial charge in [-0.05, 0) is 37.6 Å². The third-order valence-electron chi connectivity index (χ3n) is 3.71. The minimum Gasteiger partial charge on any atom is -0.353 e. The van der Waals surface area contributed by atoms with Crippen LogP contribution < -0.4 is 10.6 Å². The highest BCUT2D eigenvalue weighted by Crippen LogP contribution is 2.28.